The van der Waals surface area contributed by atoms with Crippen LogP contribution < -0.4 is 0 Å². The number of rotatable bonds is 4. The molecule has 0 saturated carbocycles. The van der Waals surface area contributed by atoms with E-state index in [9.17, 15) is 23.3 Å². The maximum Gasteiger partial charge on any atom is 0.433 e. The monoisotopic (exact) mass is 390 g/mol. The molecule has 0 bridgehead atoms. The molecule has 0 aliphatic rings. The second kappa shape index (κ2) is 6.41. The van der Waals surface area contributed by atoms with Crippen LogP contribution in [0, 0.1) is 10.1 Å². The molecule has 0 unspecified atom stereocenters. The van der Waals surface area contributed by atoms with Gasteiger partial charge < -0.3 is 4.42 Å². The highest BCUT2D eigenvalue weighted by Crippen LogP contribution is 2.33. The number of aromatic nitrogens is 3. The average molecular weight is 391 g/mol. The third-order valence-electron chi connectivity index (χ3n) is 2.95. The topological polar surface area (TPSA) is 86.5 Å². The van der Waals surface area contributed by atoms with E-state index in [0.29, 0.717) is 0 Å². The van der Waals surface area contributed by atoms with Crippen LogP contribution in [-0.4, -0.2) is 19.5 Å². The molecule has 25 heavy (non-hydrogen) atoms. The molecule has 130 valence electrons. The van der Waals surface area contributed by atoms with Gasteiger partial charge in [0.25, 0.3) is 0 Å². The smallest absolute Gasteiger partial charge is 0.401 e. The van der Waals surface area contributed by atoms with Crippen molar-refractivity contribution in [2.45, 2.75) is 11.3 Å². The first-order chi connectivity index (χ1) is 11.8. The summed E-state index contributed by atoms with van der Waals surface area (Å²) in [7, 11) is 0. The second-order valence-corrected chi connectivity index (χ2v) is 5.88. The first-order valence-corrected chi connectivity index (χ1v) is 7.70. The summed E-state index contributed by atoms with van der Waals surface area (Å²) >= 11 is 6.76. The van der Waals surface area contributed by atoms with Crippen molar-refractivity contribution in [3.05, 3.63) is 56.3 Å². The zero-order valence-electron chi connectivity index (χ0n) is 11.9. The van der Waals surface area contributed by atoms with Crippen LogP contribution in [0.5, 0.6) is 0 Å². The Kier molecular flexibility index (Phi) is 4.43. The lowest BCUT2D eigenvalue weighted by Crippen LogP contribution is -2.06. The molecule has 0 saturated heterocycles. The summed E-state index contributed by atoms with van der Waals surface area (Å²) in [6.45, 7) is 0. The maximum absolute atomic E-state index is 12.9. The molecule has 0 spiro atoms. The summed E-state index contributed by atoms with van der Waals surface area (Å²) in [5.41, 5.74) is -0.850. The molecule has 0 N–H and O–H groups in total. The number of alkyl halides is 3. The lowest BCUT2D eigenvalue weighted by molar-refractivity contribution is -0.402. The van der Waals surface area contributed by atoms with Gasteiger partial charge >= 0.3 is 12.1 Å². The Bertz CT molecular complexity index is 983. The predicted octanol–water partition coefficient (Wildman–Crippen LogP) is 4.67. The van der Waals surface area contributed by atoms with Gasteiger partial charge in [-0.2, -0.15) is 13.2 Å². The number of hydrogen-bond acceptors (Lipinski definition) is 6. The normalized spacial score (nSPS) is 12.3. The molecular formula is C13H6ClF3N4O3S. The zero-order valence-corrected chi connectivity index (χ0v) is 13.5. The van der Waals surface area contributed by atoms with E-state index in [1.165, 1.54) is 23.6 Å². The van der Waals surface area contributed by atoms with Crippen molar-refractivity contribution in [2.24, 2.45) is 0 Å². The Balaban J connectivity index is 1.87. The lowest BCUT2D eigenvalue weighted by atomic mass is 10.3. The molecular weight excluding hydrogens is 385 g/mol. The molecule has 3 rings (SSSR count). The van der Waals surface area contributed by atoms with Gasteiger partial charge in [-0.25, -0.2) is 0 Å². The lowest BCUT2D eigenvalue weighted by Gasteiger charge is -2.08. The highest BCUT2D eigenvalue weighted by molar-refractivity contribution is 8.02. The van der Waals surface area contributed by atoms with Gasteiger partial charge in [-0.15, -0.1) is 10.2 Å². The Morgan fingerprint density at radius 3 is 2.76 bits per heavy atom. The number of furan rings is 1. The third kappa shape index (κ3) is 3.61. The average Bonchev–Trinajstić information content (AvgIpc) is 3.14. The van der Waals surface area contributed by atoms with E-state index < -0.39 is 22.5 Å². The Morgan fingerprint density at radius 1 is 1.36 bits per heavy atom. The first-order valence-electron chi connectivity index (χ1n) is 6.44. The van der Waals surface area contributed by atoms with Crippen LogP contribution in [0.4, 0.5) is 19.1 Å². The van der Waals surface area contributed by atoms with E-state index in [-0.39, 0.29) is 21.6 Å². The van der Waals surface area contributed by atoms with E-state index in [1.807, 2.05) is 0 Å². The number of pyridine rings is 1. The van der Waals surface area contributed by atoms with Crippen molar-refractivity contribution in [1.82, 2.24) is 14.6 Å². The molecule has 0 fully saturated rings. The van der Waals surface area contributed by atoms with E-state index in [2.05, 4.69) is 10.2 Å². The highest BCUT2D eigenvalue weighted by atomic mass is 35.5. The van der Waals surface area contributed by atoms with Crippen LogP contribution in [-0.2, 0) is 6.18 Å². The molecule has 0 aromatic carbocycles. The van der Waals surface area contributed by atoms with Crippen LogP contribution in [0.15, 0.2) is 39.4 Å². The summed E-state index contributed by atoms with van der Waals surface area (Å²) in [5, 5.41) is 19.5. The minimum Gasteiger partial charge on any atom is -0.401 e. The fourth-order valence-electron chi connectivity index (χ4n) is 1.86. The first kappa shape index (κ1) is 17.3. The van der Waals surface area contributed by atoms with E-state index in [1.54, 1.807) is 0 Å². The van der Waals surface area contributed by atoms with Crippen LogP contribution in [0.3, 0.4) is 0 Å². The van der Waals surface area contributed by atoms with Gasteiger partial charge in [0.15, 0.2) is 10.8 Å². The minimum absolute atomic E-state index is 0.0826. The summed E-state index contributed by atoms with van der Waals surface area (Å²) in [6, 6.07) is 3.35. The van der Waals surface area contributed by atoms with Gasteiger partial charge in [0.2, 0.25) is 0 Å². The third-order valence-corrected chi connectivity index (χ3v) is 3.99. The Hall–Kier alpha value is -2.53. The maximum atomic E-state index is 12.9. The molecule has 3 aromatic heterocycles. The van der Waals surface area contributed by atoms with Gasteiger partial charge in [0.1, 0.15) is 10.7 Å². The molecule has 7 nitrogen and oxygen atoms in total. The van der Waals surface area contributed by atoms with Crippen LogP contribution >= 0.6 is 23.4 Å². The number of hydrogen-bond donors (Lipinski definition) is 0. The molecule has 12 heteroatoms. The van der Waals surface area contributed by atoms with Gasteiger partial charge in [0.05, 0.1) is 16.7 Å². The van der Waals surface area contributed by atoms with Gasteiger partial charge in [-0.3, -0.25) is 14.5 Å². The SMILES string of the molecule is O=[N+]([O-])c1ccc(/C=C/Sc2nnc3c(Cl)cc(C(F)(F)F)cn23)o1. The molecule has 0 aliphatic heterocycles. The molecule has 0 aliphatic carbocycles. The standard InChI is InChI=1S/C13H6ClF3N4O3S/c14-9-5-7(13(15,16)17)6-20-11(9)18-19-12(20)25-4-3-8-1-2-10(24-8)21(22)23/h1-6H/b4-3+. The second-order valence-electron chi connectivity index (χ2n) is 4.60. The quantitative estimate of drug-likeness (QED) is 0.365. The van der Waals surface area contributed by atoms with E-state index in [4.69, 9.17) is 16.0 Å². The summed E-state index contributed by atoms with van der Waals surface area (Å²) in [6.07, 6.45) is -2.31. The summed E-state index contributed by atoms with van der Waals surface area (Å²) in [4.78, 5) is 9.84. The molecule has 3 aromatic rings. The Morgan fingerprint density at radius 2 is 2.12 bits per heavy atom. The summed E-state index contributed by atoms with van der Waals surface area (Å²) < 4.78 is 44.7. The van der Waals surface area contributed by atoms with Crippen LogP contribution in [0.1, 0.15) is 11.3 Å². The molecule has 3 heterocycles. The van der Waals surface area contributed by atoms with Crippen molar-refractivity contribution in [3.8, 4) is 0 Å². The van der Waals surface area contributed by atoms with Crippen molar-refractivity contribution in [2.75, 3.05) is 0 Å². The van der Waals surface area contributed by atoms with Crippen LogP contribution in [0.2, 0.25) is 5.02 Å². The van der Waals surface area contributed by atoms with Crippen molar-refractivity contribution >= 4 is 41.0 Å². The fourth-order valence-corrected chi connectivity index (χ4v) is 2.77. The van der Waals surface area contributed by atoms with Gasteiger partial charge in [-0.1, -0.05) is 23.4 Å². The van der Waals surface area contributed by atoms with Crippen LogP contribution in [0.25, 0.3) is 11.7 Å². The predicted molar refractivity (Wildman–Crippen MR) is 83.3 cm³/mol. The zero-order chi connectivity index (χ0) is 18.2. The highest BCUT2D eigenvalue weighted by Gasteiger charge is 2.32. The fraction of sp³-hybridized carbons (Fsp3) is 0.0769. The number of fused-ring (bicyclic) bond motifs is 1. The van der Waals surface area contributed by atoms with Gasteiger partial charge in [0, 0.05) is 6.20 Å². The van der Waals surface area contributed by atoms with Crippen molar-refractivity contribution < 1.29 is 22.5 Å². The Labute approximate surface area is 146 Å². The number of nitro groups is 1. The molecule has 0 amide bonds. The van der Waals surface area contributed by atoms with Gasteiger partial charge in [-0.05, 0) is 23.6 Å². The molecule has 0 atom stereocenters. The van der Waals surface area contributed by atoms with Crippen molar-refractivity contribution in [1.29, 1.82) is 0 Å². The molecule has 0 radical (unpaired) electrons. The van der Waals surface area contributed by atoms with E-state index >= 15 is 0 Å². The summed E-state index contributed by atoms with van der Waals surface area (Å²) in [5.74, 6) is -0.207. The number of halogens is 4. The minimum atomic E-state index is -4.56. The number of nitrogens with zero attached hydrogens (tertiary/aromatic N) is 4. The van der Waals surface area contributed by atoms with E-state index in [0.717, 1.165) is 28.4 Å². The largest absolute Gasteiger partial charge is 0.433 e. The van der Waals surface area contributed by atoms with Crippen molar-refractivity contribution in [3.63, 3.8) is 0 Å². The number of thioether (sulfide) groups is 1.